The van der Waals surface area contributed by atoms with Crippen molar-refractivity contribution in [2.24, 2.45) is 11.8 Å². The van der Waals surface area contributed by atoms with Gasteiger partial charge in [0.05, 0.1) is 5.92 Å². The summed E-state index contributed by atoms with van der Waals surface area (Å²) in [4.78, 5) is 43.2. The lowest BCUT2D eigenvalue weighted by Gasteiger charge is -2.41. The second-order valence-electron chi connectivity index (χ2n) is 8.39. The van der Waals surface area contributed by atoms with Gasteiger partial charge in [0, 0.05) is 58.0 Å². The van der Waals surface area contributed by atoms with Crippen LogP contribution in [0.2, 0.25) is 0 Å². The average Bonchev–Trinajstić information content (AvgIpc) is 3.58. The number of hydrogen-bond acceptors (Lipinski definition) is 3. The number of rotatable bonds is 3. The standard InChI is InChI=1S/C22H29N3O3/c1-16(26)23-9-11-24(12-10-23)22(28)20-13-19(17-5-3-2-4-6-17)14-25(15-20)21(27)18-7-8-18/h2-6,18-20H,7-15H2,1H3/t19-,20+/m1/s1. The molecule has 1 aromatic carbocycles. The van der Waals surface area contributed by atoms with Crippen LogP contribution in [-0.4, -0.2) is 71.7 Å². The minimum Gasteiger partial charge on any atom is -0.341 e. The number of nitrogens with zero attached hydrogens (tertiary/aromatic N) is 3. The van der Waals surface area contributed by atoms with E-state index < -0.39 is 0 Å². The van der Waals surface area contributed by atoms with Crippen molar-refractivity contribution in [1.82, 2.24) is 14.7 Å². The summed E-state index contributed by atoms with van der Waals surface area (Å²) in [5.74, 6) is 0.632. The third kappa shape index (κ3) is 4.05. The molecule has 2 saturated heterocycles. The van der Waals surface area contributed by atoms with E-state index in [1.54, 1.807) is 11.8 Å². The van der Waals surface area contributed by atoms with Crippen LogP contribution >= 0.6 is 0 Å². The molecule has 3 amide bonds. The molecule has 0 aromatic heterocycles. The molecule has 150 valence electrons. The molecule has 0 N–H and O–H groups in total. The van der Waals surface area contributed by atoms with Gasteiger partial charge in [-0.25, -0.2) is 0 Å². The molecule has 0 spiro atoms. The minimum absolute atomic E-state index is 0.0649. The van der Waals surface area contributed by atoms with Crippen molar-refractivity contribution in [3.8, 4) is 0 Å². The Balaban J connectivity index is 1.47. The molecule has 6 nitrogen and oxygen atoms in total. The van der Waals surface area contributed by atoms with Gasteiger partial charge in [0.25, 0.3) is 0 Å². The molecular weight excluding hydrogens is 354 g/mol. The molecule has 6 heteroatoms. The van der Waals surface area contributed by atoms with Gasteiger partial charge < -0.3 is 14.7 Å². The fraction of sp³-hybridized carbons (Fsp3) is 0.591. The third-order valence-electron chi connectivity index (χ3n) is 6.35. The largest absolute Gasteiger partial charge is 0.341 e. The van der Waals surface area contributed by atoms with Crippen LogP contribution in [0.3, 0.4) is 0 Å². The van der Waals surface area contributed by atoms with Crippen molar-refractivity contribution in [2.75, 3.05) is 39.3 Å². The van der Waals surface area contributed by atoms with Gasteiger partial charge in [-0.05, 0) is 24.8 Å². The van der Waals surface area contributed by atoms with Gasteiger partial charge in [-0.1, -0.05) is 30.3 Å². The molecule has 28 heavy (non-hydrogen) atoms. The minimum atomic E-state index is -0.162. The van der Waals surface area contributed by atoms with Crippen LogP contribution in [0.1, 0.15) is 37.7 Å². The molecule has 3 fully saturated rings. The Kier molecular flexibility index (Phi) is 5.38. The van der Waals surface area contributed by atoms with Gasteiger partial charge in [-0.3, -0.25) is 14.4 Å². The Bertz CT molecular complexity index is 739. The highest BCUT2D eigenvalue weighted by Gasteiger charge is 2.41. The molecule has 1 aliphatic carbocycles. The van der Waals surface area contributed by atoms with E-state index in [9.17, 15) is 14.4 Å². The average molecular weight is 383 g/mol. The van der Waals surface area contributed by atoms with Crippen LogP contribution in [0.4, 0.5) is 0 Å². The Morgan fingerprint density at radius 3 is 2.00 bits per heavy atom. The smallest absolute Gasteiger partial charge is 0.227 e. The molecule has 1 aromatic rings. The Morgan fingerprint density at radius 1 is 0.786 bits per heavy atom. The molecule has 0 radical (unpaired) electrons. The van der Waals surface area contributed by atoms with E-state index in [4.69, 9.17) is 0 Å². The highest BCUT2D eigenvalue weighted by Crippen LogP contribution is 2.36. The quantitative estimate of drug-likeness (QED) is 0.799. The van der Waals surface area contributed by atoms with Crippen LogP contribution in [0, 0.1) is 11.8 Å². The summed E-state index contributed by atoms with van der Waals surface area (Å²) >= 11 is 0. The highest BCUT2D eigenvalue weighted by atomic mass is 16.2. The van der Waals surface area contributed by atoms with E-state index in [2.05, 4.69) is 12.1 Å². The lowest BCUT2D eigenvalue weighted by molar-refractivity contribution is -0.145. The van der Waals surface area contributed by atoms with Crippen LogP contribution in [0.15, 0.2) is 30.3 Å². The van der Waals surface area contributed by atoms with Gasteiger partial charge >= 0.3 is 0 Å². The van der Waals surface area contributed by atoms with Crippen LogP contribution in [0.5, 0.6) is 0 Å². The highest BCUT2D eigenvalue weighted by molar-refractivity contribution is 5.84. The summed E-state index contributed by atoms with van der Waals surface area (Å²) in [7, 11) is 0. The van der Waals surface area contributed by atoms with E-state index in [1.165, 1.54) is 5.56 Å². The van der Waals surface area contributed by atoms with Crippen molar-refractivity contribution in [2.45, 2.75) is 32.1 Å². The number of hydrogen-bond donors (Lipinski definition) is 0. The molecule has 0 unspecified atom stereocenters. The van der Waals surface area contributed by atoms with Crippen molar-refractivity contribution in [3.05, 3.63) is 35.9 Å². The summed E-state index contributed by atoms with van der Waals surface area (Å²) < 4.78 is 0. The van der Waals surface area contributed by atoms with Gasteiger partial charge in [-0.15, -0.1) is 0 Å². The predicted octanol–water partition coefficient (Wildman–Crippen LogP) is 1.72. The number of likely N-dealkylation sites (tertiary alicyclic amines) is 1. The molecule has 2 atom stereocenters. The van der Waals surface area contributed by atoms with Crippen molar-refractivity contribution in [3.63, 3.8) is 0 Å². The van der Waals surface area contributed by atoms with Gasteiger partial charge in [-0.2, -0.15) is 0 Å². The molecular formula is C22H29N3O3. The Hall–Kier alpha value is -2.37. The van der Waals surface area contributed by atoms with Crippen molar-refractivity contribution in [1.29, 1.82) is 0 Å². The maximum absolute atomic E-state index is 13.2. The molecule has 2 aliphatic heterocycles. The number of piperidine rings is 1. The zero-order chi connectivity index (χ0) is 19.7. The summed E-state index contributed by atoms with van der Waals surface area (Å²) in [6.45, 7) is 5.18. The third-order valence-corrected chi connectivity index (χ3v) is 6.35. The van der Waals surface area contributed by atoms with E-state index >= 15 is 0 Å². The van der Waals surface area contributed by atoms with Crippen molar-refractivity contribution < 1.29 is 14.4 Å². The number of benzene rings is 1. The molecule has 4 rings (SSSR count). The normalized spacial score (nSPS) is 25.5. The summed E-state index contributed by atoms with van der Waals surface area (Å²) in [6, 6.07) is 10.2. The zero-order valence-corrected chi connectivity index (χ0v) is 16.5. The summed E-state index contributed by atoms with van der Waals surface area (Å²) in [6.07, 6.45) is 2.75. The maximum Gasteiger partial charge on any atom is 0.227 e. The fourth-order valence-electron chi connectivity index (χ4n) is 4.51. The maximum atomic E-state index is 13.2. The topological polar surface area (TPSA) is 60.9 Å². The van der Waals surface area contributed by atoms with Gasteiger partial charge in [0.1, 0.15) is 0 Å². The zero-order valence-electron chi connectivity index (χ0n) is 16.5. The number of amides is 3. The number of carbonyl (C=O) groups excluding carboxylic acids is 3. The van der Waals surface area contributed by atoms with E-state index in [0.717, 1.165) is 19.3 Å². The van der Waals surface area contributed by atoms with Crippen LogP contribution in [0.25, 0.3) is 0 Å². The van der Waals surface area contributed by atoms with E-state index in [1.807, 2.05) is 28.0 Å². The summed E-state index contributed by atoms with van der Waals surface area (Å²) in [5.41, 5.74) is 1.20. The molecule has 2 heterocycles. The van der Waals surface area contributed by atoms with Crippen molar-refractivity contribution >= 4 is 17.7 Å². The first-order chi connectivity index (χ1) is 13.5. The van der Waals surface area contributed by atoms with Crippen LogP contribution in [-0.2, 0) is 14.4 Å². The first-order valence-electron chi connectivity index (χ1n) is 10.4. The monoisotopic (exact) mass is 383 g/mol. The lowest BCUT2D eigenvalue weighted by Crippen LogP contribution is -2.54. The first-order valence-corrected chi connectivity index (χ1v) is 10.4. The number of piperazine rings is 1. The SMILES string of the molecule is CC(=O)N1CCN(C(=O)[C@H]2C[C@@H](c3ccccc3)CN(C(=O)C3CC3)C2)CC1. The predicted molar refractivity (Wildman–Crippen MR) is 105 cm³/mol. The first kappa shape index (κ1) is 19.0. The summed E-state index contributed by atoms with van der Waals surface area (Å²) in [5, 5.41) is 0. The van der Waals surface area contributed by atoms with Crippen LogP contribution < -0.4 is 0 Å². The number of carbonyl (C=O) groups is 3. The molecule has 0 bridgehead atoms. The molecule has 3 aliphatic rings. The van der Waals surface area contributed by atoms with Gasteiger partial charge in [0.2, 0.25) is 17.7 Å². The Morgan fingerprint density at radius 2 is 1.39 bits per heavy atom. The second kappa shape index (κ2) is 7.94. The second-order valence-corrected chi connectivity index (χ2v) is 8.39. The fourth-order valence-corrected chi connectivity index (χ4v) is 4.51. The molecule has 1 saturated carbocycles. The lowest BCUT2D eigenvalue weighted by atomic mass is 9.83. The van der Waals surface area contributed by atoms with E-state index in [-0.39, 0.29) is 35.5 Å². The van der Waals surface area contributed by atoms with E-state index in [0.29, 0.717) is 39.3 Å². The van der Waals surface area contributed by atoms with Gasteiger partial charge in [0.15, 0.2) is 0 Å². The Labute approximate surface area is 166 Å².